The van der Waals surface area contributed by atoms with Crippen molar-refractivity contribution in [1.82, 2.24) is 4.90 Å². The van der Waals surface area contributed by atoms with Gasteiger partial charge in [0.05, 0.1) is 6.10 Å². The van der Waals surface area contributed by atoms with Gasteiger partial charge in [-0.15, -0.1) is 0 Å². The Hall–Kier alpha value is -0.340. The fourth-order valence-electron chi connectivity index (χ4n) is 3.98. The molecule has 1 saturated heterocycles. The SMILES string of the molecule is OC(CCN1CCCCC1)C1CC2C=CC1C2. The Kier molecular flexibility index (Phi) is 3.53. The molecule has 4 unspecified atom stereocenters. The van der Waals surface area contributed by atoms with Crippen LogP contribution in [0.2, 0.25) is 0 Å². The Balaban J connectivity index is 1.44. The first kappa shape index (κ1) is 11.7. The topological polar surface area (TPSA) is 23.5 Å². The molecule has 2 fully saturated rings. The highest BCUT2D eigenvalue weighted by molar-refractivity contribution is 5.11. The van der Waals surface area contributed by atoms with Crippen LogP contribution in [0.1, 0.15) is 38.5 Å². The van der Waals surface area contributed by atoms with E-state index in [0.29, 0.717) is 11.8 Å². The van der Waals surface area contributed by atoms with E-state index in [1.165, 1.54) is 45.2 Å². The van der Waals surface area contributed by atoms with Gasteiger partial charge in [-0.1, -0.05) is 18.6 Å². The number of hydrogen-bond donors (Lipinski definition) is 1. The van der Waals surface area contributed by atoms with Crippen molar-refractivity contribution in [3.63, 3.8) is 0 Å². The number of allylic oxidation sites excluding steroid dienone is 2. The summed E-state index contributed by atoms with van der Waals surface area (Å²) in [5.41, 5.74) is 0. The van der Waals surface area contributed by atoms with Gasteiger partial charge in [0.15, 0.2) is 0 Å². The Morgan fingerprint density at radius 2 is 1.94 bits per heavy atom. The van der Waals surface area contributed by atoms with E-state index in [4.69, 9.17) is 0 Å². The third kappa shape index (κ3) is 2.58. The number of nitrogens with zero attached hydrogens (tertiary/aromatic N) is 1. The van der Waals surface area contributed by atoms with Gasteiger partial charge in [-0.3, -0.25) is 0 Å². The normalized spacial score (nSPS) is 38.8. The van der Waals surface area contributed by atoms with E-state index in [2.05, 4.69) is 17.1 Å². The van der Waals surface area contributed by atoms with Crippen LogP contribution < -0.4 is 0 Å². The molecule has 2 nitrogen and oxygen atoms in total. The largest absolute Gasteiger partial charge is 0.393 e. The second-order valence-corrected chi connectivity index (χ2v) is 6.20. The molecule has 0 amide bonds. The van der Waals surface area contributed by atoms with Gasteiger partial charge in [0, 0.05) is 6.54 Å². The molecule has 1 saturated carbocycles. The lowest BCUT2D eigenvalue weighted by Gasteiger charge is -2.30. The lowest BCUT2D eigenvalue weighted by Crippen LogP contribution is -2.34. The highest BCUT2D eigenvalue weighted by Crippen LogP contribution is 2.45. The molecule has 0 aromatic carbocycles. The number of piperidine rings is 1. The van der Waals surface area contributed by atoms with E-state index >= 15 is 0 Å². The van der Waals surface area contributed by atoms with E-state index in [-0.39, 0.29) is 6.10 Å². The van der Waals surface area contributed by atoms with Gasteiger partial charge >= 0.3 is 0 Å². The smallest absolute Gasteiger partial charge is 0.0586 e. The zero-order chi connectivity index (χ0) is 11.7. The molecule has 0 aromatic heterocycles. The van der Waals surface area contributed by atoms with Crippen molar-refractivity contribution in [3.8, 4) is 0 Å². The van der Waals surface area contributed by atoms with Crippen LogP contribution >= 0.6 is 0 Å². The summed E-state index contributed by atoms with van der Waals surface area (Å²) in [5.74, 6) is 2.04. The third-order valence-electron chi connectivity index (χ3n) is 5.01. The van der Waals surface area contributed by atoms with Gasteiger partial charge in [-0.2, -0.15) is 0 Å². The fourth-order valence-corrected chi connectivity index (χ4v) is 3.98. The summed E-state index contributed by atoms with van der Waals surface area (Å²) in [7, 11) is 0. The van der Waals surface area contributed by atoms with Crippen LogP contribution in [-0.2, 0) is 0 Å². The minimum Gasteiger partial charge on any atom is -0.393 e. The van der Waals surface area contributed by atoms with Gasteiger partial charge in [-0.25, -0.2) is 0 Å². The minimum absolute atomic E-state index is 0.0584. The average Bonchev–Trinajstić information content (AvgIpc) is 2.99. The summed E-state index contributed by atoms with van der Waals surface area (Å²) in [4.78, 5) is 2.54. The summed E-state index contributed by atoms with van der Waals surface area (Å²) < 4.78 is 0. The molecular weight excluding hydrogens is 210 g/mol. The number of likely N-dealkylation sites (tertiary alicyclic amines) is 1. The predicted molar refractivity (Wildman–Crippen MR) is 69.8 cm³/mol. The van der Waals surface area contributed by atoms with Crippen LogP contribution in [-0.4, -0.2) is 35.7 Å². The summed E-state index contributed by atoms with van der Waals surface area (Å²) >= 11 is 0. The lowest BCUT2D eigenvalue weighted by atomic mass is 9.87. The molecule has 3 rings (SSSR count). The van der Waals surface area contributed by atoms with Crippen LogP contribution in [0.3, 0.4) is 0 Å². The van der Waals surface area contributed by atoms with Crippen LogP contribution in [0.15, 0.2) is 12.2 Å². The zero-order valence-electron chi connectivity index (χ0n) is 10.7. The average molecular weight is 235 g/mol. The minimum atomic E-state index is -0.0584. The molecule has 0 aromatic rings. The van der Waals surface area contributed by atoms with E-state index in [9.17, 15) is 5.11 Å². The molecule has 2 heteroatoms. The monoisotopic (exact) mass is 235 g/mol. The summed E-state index contributed by atoms with van der Waals surface area (Å²) in [6.07, 6.45) is 12.3. The second-order valence-electron chi connectivity index (χ2n) is 6.20. The Bertz CT molecular complexity index is 283. The van der Waals surface area contributed by atoms with Crippen molar-refractivity contribution in [2.24, 2.45) is 17.8 Å². The molecule has 1 aliphatic heterocycles. The van der Waals surface area contributed by atoms with Crippen molar-refractivity contribution in [2.45, 2.75) is 44.6 Å². The molecule has 17 heavy (non-hydrogen) atoms. The van der Waals surface area contributed by atoms with Gasteiger partial charge in [0.25, 0.3) is 0 Å². The first-order chi connectivity index (χ1) is 8.33. The molecular formula is C15H25NO. The maximum atomic E-state index is 10.3. The van der Waals surface area contributed by atoms with E-state index in [0.717, 1.165) is 18.9 Å². The van der Waals surface area contributed by atoms with Crippen molar-refractivity contribution >= 4 is 0 Å². The zero-order valence-corrected chi connectivity index (χ0v) is 10.7. The molecule has 3 aliphatic rings. The van der Waals surface area contributed by atoms with Crippen molar-refractivity contribution in [2.75, 3.05) is 19.6 Å². The molecule has 2 aliphatic carbocycles. The highest BCUT2D eigenvalue weighted by Gasteiger charge is 2.39. The molecule has 96 valence electrons. The molecule has 1 N–H and O–H groups in total. The maximum absolute atomic E-state index is 10.3. The van der Waals surface area contributed by atoms with Crippen molar-refractivity contribution in [1.29, 1.82) is 0 Å². The first-order valence-electron chi connectivity index (χ1n) is 7.41. The summed E-state index contributed by atoms with van der Waals surface area (Å²) in [6, 6.07) is 0. The number of aliphatic hydroxyl groups is 1. The number of rotatable bonds is 4. The molecule has 1 heterocycles. The summed E-state index contributed by atoms with van der Waals surface area (Å²) in [6.45, 7) is 3.62. The standard InChI is InChI=1S/C15H25NO/c17-15(6-9-16-7-2-1-3-8-16)14-11-12-4-5-13(14)10-12/h4-5,12-15,17H,1-3,6-11H2. The van der Waals surface area contributed by atoms with Crippen LogP contribution in [0, 0.1) is 17.8 Å². The predicted octanol–water partition coefficient (Wildman–Crippen LogP) is 2.44. The third-order valence-corrected chi connectivity index (χ3v) is 5.01. The van der Waals surface area contributed by atoms with Gasteiger partial charge in [0.2, 0.25) is 0 Å². The van der Waals surface area contributed by atoms with Crippen LogP contribution in [0.25, 0.3) is 0 Å². The summed E-state index contributed by atoms with van der Waals surface area (Å²) in [5, 5.41) is 10.3. The van der Waals surface area contributed by atoms with Crippen molar-refractivity contribution < 1.29 is 5.11 Å². The van der Waals surface area contributed by atoms with E-state index < -0.39 is 0 Å². The van der Waals surface area contributed by atoms with Crippen LogP contribution in [0.5, 0.6) is 0 Å². The Morgan fingerprint density at radius 1 is 1.12 bits per heavy atom. The number of aliphatic hydroxyl groups excluding tert-OH is 1. The Labute approximate surface area is 105 Å². The fraction of sp³-hybridized carbons (Fsp3) is 0.867. The highest BCUT2D eigenvalue weighted by atomic mass is 16.3. The first-order valence-corrected chi connectivity index (χ1v) is 7.41. The Morgan fingerprint density at radius 3 is 2.59 bits per heavy atom. The molecule has 0 spiro atoms. The van der Waals surface area contributed by atoms with Gasteiger partial charge < -0.3 is 10.0 Å². The van der Waals surface area contributed by atoms with E-state index in [1.807, 2.05) is 0 Å². The second kappa shape index (κ2) is 5.11. The quantitative estimate of drug-likeness (QED) is 0.757. The molecule has 4 atom stereocenters. The van der Waals surface area contributed by atoms with Gasteiger partial charge in [-0.05, 0) is 62.9 Å². The lowest BCUT2D eigenvalue weighted by molar-refractivity contribution is 0.0700. The van der Waals surface area contributed by atoms with Gasteiger partial charge in [0.1, 0.15) is 0 Å². The number of fused-ring (bicyclic) bond motifs is 2. The van der Waals surface area contributed by atoms with E-state index in [1.54, 1.807) is 0 Å². The van der Waals surface area contributed by atoms with Crippen molar-refractivity contribution in [3.05, 3.63) is 12.2 Å². The number of hydrogen-bond acceptors (Lipinski definition) is 2. The molecule has 0 radical (unpaired) electrons. The molecule has 2 bridgehead atoms. The maximum Gasteiger partial charge on any atom is 0.0586 e. The van der Waals surface area contributed by atoms with Crippen LogP contribution in [0.4, 0.5) is 0 Å².